The highest BCUT2D eigenvalue weighted by Gasteiger charge is 2.19. The summed E-state index contributed by atoms with van der Waals surface area (Å²) in [5.41, 5.74) is 5.75. The number of ether oxygens (including phenoxy) is 1. The van der Waals surface area contributed by atoms with Crippen LogP contribution in [0.5, 0.6) is 0 Å². The van der Waals surface area contributed by atoms with E-state index in [0.717, 1.165) is 19.1 Å². The van der Waals surface area contributed by atoms with Crippen LogP contribution in [0.15, 0.2) is 0 Å². The molecule has 1 aliphatic rings. The number of nitrogens with two attached hydrogens (primary N) is 1. The second-order valence-electron chi connectivity index (χ2n) is 4.18. The van der Waals surface area contributed by atoms with Crippen LogP contribution in [-0.2, 0) is 4.74 Å². The number of nitrogens with zero attached hydrogens (tertiary/aromatic N) is 1. The zero-order chi connectivity index (χ0) is 9.68. The number of methoxy groups -OCH3 is 1. The lowest BCUT2D eigenvalue weighted by Gasteiger charge is -2.32. The van der Waals surface area contributed by atoms with E-state index in [0.29, 0.717) is 6.04 Å². The first-order valence-corrected chi connectivity index (χ1v) is 5.19. The van der Waals surface area contributed by atoms with E-state index < -0.39 is 0 Å². The van der Waals surface area contributed by atoms with Crippen LogP contribution in [0, 0.1) is 5.92 Å². The molecule has 2 N–H and O–H groups in total. The molecule has 1 heterocycles. The summed E-state index contributed by atoms with van der Waals surface area (Å²) in [4.78, 5) is 2.46. The Hall–Kier alpha value is -0.120. The largest absolute Gasteiger partial charge is 0.384 e. The molecule has 0 spiro atoms. The SMILES string of the molecule is COCC1CCN(CC(C)N)CC1. The van der Waals surface area contributed by atoms with Gasteiger partial charge >= 0.3 is 0 Å². The number of hydrogen-bond donors (Lipinski definition) is 1. The lowest BCUT2D eigenvalue weighted by molar-refractivity contribution is 0.0978. The van der Waals surface area contributed by atoms with Crippen LogP contribution in [0.25, 0.3) is 0 Å². The van der Waals surface area contributed by atoms with Gasteiger partial charge in [0, 0.05) is 26.3 Å². The maximum Gasteiger partial charge on any atom is 0.0491 e. The molecule has 1 unspecified atom stereocenters. The van der Waals surface area contributed by atoms with Crippen LogP contribution in [0.4, 0.5) is 0 Å². The van der Waals surface area contributed by atoms with Crippen LogP contribution in [0.3, 0.4) is 0 Å². The van der Waals surface area contributed by atoms with Crippen molar-refractivity contribution in [3.8, 4) is 0 Å². The van der Waals surface area contributed by atoms with Crippen molar-refractivity contribution in [1.82, 2.24) is 4.90 Å². The standard InChI is InChI=1S/C10H22N2O/c1-9(11)7-12-5-3-10(4-6-12)8-13-2/h9-10H,3-8,11H2,1-2H3. The molecule has 1 fully saturated rings. The lowest BCUT2D eigenvalue weighted by Crippen LogP contribution is -2.41. The molecule has 3 nitrogen and oxygen atoms in total. The minimum Gasteiger partial charge on any atom is -0.384 e. The average Bonchev–Trinajstić information content (AvgIpc) is 2.08. The van der Waals surface area contributed by atoms with Crippen LogP contribution in [0.1, 0.15) is 19.8 Å². The summed E-state index contributed by atoms with van der Waals surface area (Å²) >= 11 is 0. The molecule has 0 bridgehead atoms. The fourth-order valence-electron chi connectivity index (χ4n) is 1.98. The van der Waals surface area contributed by atoms with Gasteiger partial charge in [0.25, 0.3) is 0 Å². The zero-order valence-electron chi connectivity index (χ0n) is 8.83. The van der Waals surface area contributed by atoms with Gasteiger partial charge in [0.1, 0.15) is 0 Å². The fraction of sp³-hybridized carbons (Fsp3) is 1.00. The predicted octanol–water partition coefficient (Wildman–Crippen LogP) is 0.692. The van der Waals surface area contributed by atoms with Gasteiger partial charge in [-0.15, -0.1) is 0 Å². The third-order valence-corrected chi connectivity index (χ3v) is 2.66. The molecule has 1 aliphatic heterocycles. The van der Waals surface area contributed by atoms with E-state index >= 15 is 0 Å². The molecule has 0 amide bonds. The summed E-state index contributed by atoms with van der Waals surface area (Å²) < 4.78 is 5.15. The summed E-state index contributed by atoms with van der Waals surface area (Å²) in [6.07, 6.45) is 2.53. The van der Waals surface area contributed by atoms with Crippen molar-refractivity contribution in [3.63, 3.8) is 0 Å². The van der Waals surface area contributed by atoms with Gasteiger partial charge < -0.3 is 15.4 Å². The first-order chi connectivity index (χ1) is 6.22. The van der Waals surface area contributed by atoms with Crippen LogP contribution < -0.4 is 5.73 Å². The van der Waals surface area contributed by atoms with Crippen LogP contribution in [-0.4, -0.2) is 44.3 Å². The third-order valence-electron chi connectivity index (χ3n) is 2.66. The quantitative estimate of drug-likeness (QED) is 0.702. The number of hydrogen-bond acceptors (Lipinski definition) is 3. The molecule has 0 saturated carbocycles. The van der Waals surface area contributed by atoms with Gasteiger partial charge in [-0.2, -0.15) is 0 Å². The Balaban J connectivity index is 2.15. The van der Waals surface area contributed by atoms with Gasteiger partial charge in [-0.05, 0) is 38.8 Å². The van der Waals surface area contributed by atoms with Crippen LogP contribution in [0.2, 0.25) is 0 Å². The summed E-state index contributed by atoms with van der Waals surface area (Å²) in [6, 6.07) is 0.305. The molecular weight excluding hydrogens is 164 g/mol. The molecule has 13 heavy (non-hydrogen) atoms. The molecule has 1 saturated heterocycles. The third kappa shape index (κ3) is 4.07. The molecule has 1 atom stereocenters. The molecule has 3 heteroatoms. The van der Waals surface area contributed by atoms with Gasteiger partial charge in [0.05, 0.1) is 0 Å². The van der Waals surface area contributed by atoms with Crippen molar-refractivity contribution in [3.05, 3.63) is 0 Å². The van der Waals surface area contributed by atoms with Crippen molar-refractivity contribution < 1.29 is 4.74 Å². The average molecular weight is 186 g/mol. The molecule has 0 aliphatic carbocycles. The van der Waals surface area contributed by atoms with Gasteiger partial charge in [-0.1, -0.05) is 0 Å². The molecule has 0 aromatic carbocycles. The molecule has 0 radical (unpaired) electrons. The summed E-state index contributed by atoms with van der Waals surface area (Å²) in [6.45, 7) is 6.41. The second-order valence-corrected chi connectivity index (χ2v) is 4.18. The van der Waals surface area contributed by atoms with Crippen molar-refractivity contribution in [2.45, 2.75) is 25.8 Å². The monoisotopic (exact) mass is 186 g/mol. The Labute approximate surface area is 81.2 Å². The Morgan fingerprint density at radius 3 is 2.54 bits per heavy atom. The van der Waals surface area contributed by atoms with Crippen LogP contribution >= 0.6 is 0 Å². The maximum absolute atomic E-state index is 5.75. The van der Waals surface area contributed by atoms with E-state index in [9.17, 15) is 0 Å². The van der Waals surface area contributed by atoms with Crippen molar-refractivity contribution >= 4 is 0 Å². The highest BCUT2D eigenvalue weighted by Crippen LogP contribution is 2.16. The van der Waals surface area contributed by atoms with Gasteiger partial charge in [0.2, 0.25) is 0 Å². The minimum atomic E-state index is 0.305. The van der Waals surface area contributed by atoms with E-state index in [4.69, 9.17) is 10.5 Å². The van der Waals surface area contributed by atoms with Gasteiger partial charge in [-0.25, -0.2) is 0 Å². The van der Waals surface area contributed by atoms with Crippen molar-refractivity contribution in [1.29, 1.82) is 0 Å². The van der Waals surface area contributed by atoms with E-state index in [2.05, 4.69) is 11.8 Å². The second kappa shape index (κ2) is 5.58. The number of piperidine rings is 1. The Morgan fingerprint density at radius 1 is 1.46 bits per heavy atom. The maximum atomic E-state index is 5.75. The van der Waals surface area contributed by atoms with E-state index in [1.165, 1.54) is 25.9 Å². The fourth-order valence-corrected chi connectivity index (χ4v) is 1.98. The van der Waals surface area contributed by atoms with E-state index in [1.54, 1.807) is 7.11 Å². The van der Waals surface area contributed by atoms with E-state index in [-0.39, 0.29) is 0 Å². The summed E-state index contributed by atoms with van der Waals surface area (Å²) in [5.74, 6) is 0.773. The number of rotatable bonds is 4. The minimum absolute atomic E-state index is 0.305. The normalized spacial score (nSPS) is 23.3. The topological polar surface area (TPSA) is 38.5 Å². The van der Waals surface area contributed by atoms with Gasteiger partial charge in [-0.3, -0.25) is 0 Å². The Kier molecular flexibility index (Phi) is 4.70. The number of likely N-dealkylation sites (tertiary alicyclic amines) is 1. The smallest absolute Gasteiger partial charge is 0.0491 e. The molecule has 0 aromatic rings. The first kappa shape index (κ1) is 11.0. The van der Waals surface area contributed by atoms with Gasteiger partial charge in [0.15, 0.2) is 0 Å². The summed E-state index contributed by atoms with van der Waals surface area (Å²) in [7, 11) is 1.79. The molecule has 1 rings (SSSR count). The zero-order valence-corrected chi connectivity index (χ0v) is 8.83. The Morgan fingerprint density at radius 2 is 2.08 bits per heavy atom. The molecule has 0 aromatic heterocycles. The lowest BCUT2D eigenvalue weighted by atomic mass is 9.97. The van der Waals surface area contributed by atoms with Crippen molar-refractivity contribution in [2.24, 2.45) is 11.7 Å². The highest BCUT2D eigenvalue weighted by atomic mass is 16.5. The van der Waals surface area contributed by atoms with E-state index in [1.807, 2.05) is 0 Å². The Bertz CT molecular complexity index is 131. The summed E-state index contributed by atoms with van der Waals surface area (Å²) in [5, 5.41) is 0. The molecular formula is C10H22N2O. The molecule has 78 valence electrons. The highest BCUT2D eigenvalue weighted by molar-refractivity contribution is 4.73. The predicted molar refractivity (Wildman–Crippen MR) is 54.7 cm³/mol. The van der Waals surface area contributed by atoms with Crippen molar-refractivity contribution in [2.75, 3.05) is 33.4 Å². The first-order valence-electron chi connectivity index (χ1n) is 5.19.